The summed E-state index contributed by atoms with van der Waals surface area (Å²) in [5.74, 6) is -0.0237. The summed E-state index contributed by atoms with van der Waals surface area (Å²) in [6, 6.07) is 0.586. The van der Waals surface area contributed by atoms with E-state index < -0.39 is 0 Å². The van der Waals surface area contributed by atoms with Crippen molar-refractivity contribution >= 4 is 11.8 Å². The topological polar surface area (TPSA) is 70.2 Å². The van der Waals surface area contributed by atoms with Gasteiger partial charge in [0.15, 0.2) is 0 Å². The van der Waals surface area contributed by atoms with Gasteiger partial charge in [-0.25, -0.2) is 0 Å². The van der Waals surface area contributed by atoms with Gasteiger partial charge < -0.3 is 16.0 Å². The van der Waals surface area contributed by atoms with Crippen molar-refractivity contribution in [1.82, 2.24) is 16.0 Å². The van der Waals surface area contributed by atoms with Gasteiger partial charge in [0.25, 0.3) is 0 Å². The number of rotatable bonds is 9. The highest BCUT2D eigenvalue weighted by molar-refractivity contribution is 5.79. The van der Waals surface area contributed by atoms with Crippen molar-refractivity contribution < 1.29 is 9.59 Å². The summed E-state index contributed by atoms with van der Waals surface area (Å²) >= 11 is 0. The molecule has 0 aliphatic rings. The summed E-state index contributed by atoms with van der Waals surface area (Å²) in [4.78, 5) is 22.8. The van der Waals surface area contributed by atoms with E-state index in [2.05, 4.69) is 16.0 Å². The van der Waals surface area contributed by atoms with E-state index in [9.17, 15) is 9.59 Å². The Kier molecular flexibility index (Phi) is 9.28. The lowest BCUT2D eigenvalue weighted by molar-refractivity contribution is -0.122. The number of carbonyl (C=O) groups excluding carboxylic acids is 2. The molecule has 0 saturated heterocycles. The maximum Gasteiger partial charge on any atom is 0.221 e. The van der Waals surface area contributed by atoms with Crippen molar-refractivity contribution in [2.75, 3.05) is 13.1 Å². The van der Waals surface area contributed by atoms with Gasteiger partial charge in [0.1, 0.15) is 0 Å². The van der Waals surface area contributed by atoms with Gasteiger partial charge in [0.05, 0.1) is 0 Å². The molecule has 18 heavy (non-hydrogen) atoms. The molecule has 3 N–H and O–H groups in total. The van der Waals surface area contributed by atoms with Crippen LogP contribution in [-0.4, -0.2) is 37.0 Å². The lowest BCUT2D eigenvalue weighted by Gasteiger charge is -2.11. The Morgan fingerprint density at radius 1 is 1.00 bits per heavy atom. The van der Waals surface area contributed by atoms with Crippen LogP contribution in [0.1, 0.15) is 47.0 Å². The number of hydrogen-bond acceptors (Lipinski definition) is 3. The van der Waals surface area contributed by atoms with Crippen molar-refractivity contribution in [3.8, 4) is 0 Å². The molecule has 5 nitrogen and oxygen atoms in total. The molecule has 5 heteroatoms. The second-order valence-electron chi connectivity index (χ2n) is 4.84. The van der Waals surface area contributed by atoms with E-state index in [-0.39, 0.29) is 17.9 Å². The fraction of sp³-hybridized carbons (Fsp3) is 0.846. The van der Waals surface area contributed by atoms with Crippen LogP contribution in [0.4, 0.5) is 0 Å². The fourth-order valence-corrected chi connectivity index (χ4v) is 1.33. The van der Waals surface area contributed by atoms with Crippen LogP contribution in [0.25, 0.3) is 0 Å². The molecule has 1 unspecified atom stereocenters. The highest BCUT2D eigenvalue weighted by atomic mass is 16.2. The van der Waals surface area contributed by atoms with Gasteiger partial charge in [0.2, 0.25) is 11.8 Å². The van der Waals surface area contributed by atoms with Gasteiger partial charge in [-0.2, -0.15) is 0 Å². The molecule has 0 rings (SSSR count). The molecule has 2 amide bonds. The molecule has 0 saturated carbocycles. The number of nitrogens with one attached hydrogen (secondary N) is 3. The molecule has 0 radical (unpaired) electrons. The summed E-state index contributed by atoms with van der Waals surface area (Å²) in [7, 11) is 0. The zero-order chi connectivity index (χ0) is 14.0. The molecule has 0 fully saturated rings. The highest BCUT2D eigenvalue weighted by Gasteiger charge is 2.06. The average molecular weight is 257 g/mol. The Hall–Kier alpha value is -1.10. The second kappa shape index (κ2) is 9.88. The van der Waals surface area contributed by atoms with Crippen LogP contribution in [-0.2, 0) is 9.59 Å². The number of hydrogen-bond donors (Lipinski definition) is 3. The SMILES string of the molecule is CCC(C)NC(=O)CCNC(=O)CCNC(C)C. The zero-order valence-electron chi connectivity index (χ0n) is 12.0. The quantitative estimate of drug-likeness (QED) is 0.572. The smallest absolute Gasteiger partial charge is 0.221 e. The largest absolute Gasteiger partial charge is 0.356 e. The summed E-state index contributed by atoms with van der Waals surface area (Å²) in [6.45, 7) is 9.14. The number of amides is 2. The van der Waals surface area contributed by atoms with Crippen molar-refractivity contribution in [1.29, 1.82) is 0 Å². The Morgan fingerprint density at radius 2 is 1.61 bits per heavy atom. The first-order valence-corrected chi connectivity index (χ1v) is 6.75. The monoisotopic (exact) mass is 257 g/mol. The Labute approximate surface area is 110 Å². The Balaban J connectivity index is 3.53. The molecular weight excluding hydrogens is 230 g/mol. The lowest BCUT2D eigenvalue weighted by Crippen LogP contribution is -2.36. The molecule has 0 aliphatic heterocycles. The van der Waals surface area contributed by atoms with Crippen LogP contribution in [0.5, 0.6) is 0 Å². The van der Waals surface area contributed by atoms with E-state index in [1.165, 1.54) is 0 Å². The van der Waals surface area contributed by atoms with Crippen LogP contribution in [0.15, 0.2) is 0 Å². The Bertz CT molecular complexity index is 255. The molecular formula is C13H27N3O2. The minimum atomic E-state index is -0.0144. The summed E-state index contributed by atoms with van der Waals surface area (Å²) in [5, 5.41) is 8.77. The van der Waals surface area contributed by atoms with Gasteiger partial charge >= 0.3 is 0 Å². The second-order valence-corrected chi connectivity index (χ2v) is 4.84. The predicted octanol–water partition coefficient (Wildman–Crippen LogP) is 0.796. The maximum absolute atomic E-state index is 11.4. The minimum Gasteiger partial charge on any atom is -0.356 e. The third-order valence-electron chi connectivity index (χ3n) is 2.60. The molecule has 0 aliphatic carbocycles. The highest BCUT2D eigenvalue weighted by Crippen LogP contribution is 1.89. The van der Waals surface area contributed by atoms with Crippen LogP contribution >= 0.6 is 0 Å². The van der Waals surface area contributed by atoms with Crippen molar-refractivity contribution in [3.05, 3.63) is 0 Å². The summed E-state index contributed by atoms with van der Waals surface area (Å²) in [5.41, 5.74) is 0. The zero-order valence-corrected chi connectivity index (χ0v) is 12.0. The minimum absolute atomic E-state index is 0.00930. The van der Waals surface area contributed by atoms with Crippen molar-refractivity contribution in [2.24, 2.45) is 0 Å². The first kappa shape index (κ1) is 16.9. The van der Waals surface area contributed by atoms with E-state index in [1.54, 1.807) is 0 Å². The van der Waals surface area contributed by atoms with Crippen LogP contribution in [0.2, 0.25) is 0 Å². The molecule has 106 valence electrons. The molecule has 1 atom stereocenters. The van der Waals surface area contributed by atoms with Crippen molar-refractivity contribution in [3.63, 3.8) is 0 Å². The van der Waals surface area contributed by atoms with Gasteiger partial charge in [0, 0.05) is 38.0 Å². The molecule has 0 bridgehead atoms. The van der Waals surface area contributed by atoms with E-state index in [0.717, 1.165) is 6.42 Å². The van der Waals surface area contributed by atoms with Gasteiger partial charge in [-0.15, -0.1) is 0 Å². The van der Waals surface area contributed by atoms with Crippen molar-refractivity contribution in [2.45, 2.75) is 59.0 Å². The number of carbonyl (C=O) groups is 2. The van der Waals surface area contributed by atoms with Gasteiger partial charge in [-0.3, -0.25) is 9.59 Å². The van der Waals surface area contributed by atoms with Crippen LogP contribution in [0.3, 0.4) is 0 Å². The van der Waals surface area contributed by atoms with Gasteiger partial charge in [-0.1, -0.05) is 20.8 Å². The van der Waals surface area contributed by atoms with E-state index in [4.69, 9.17) is 0 Å². The predicted molar refractivity (Wildman–Crippen MR) is 73.3 cm³/mol. The molecule has 0 aromatic carbocycles. The van der Waals surface area contributed by atoms with Gasteiger partial charge in [-0.05, 0) is 13.3 Å². The molecule has 0 spiro atoms. The van der Waals surface area contributed by atoms with E-state index in [1.807, 2.05) is 27.7 Å². The average Bonchev–Trinajstić information content (AvgIpc) is 2.28. The fourth-order valence-electron chi connectivity index (χ4n) is 1.33. The summed E-state index contributed by atoms with van der Waals surface area (Å²) < 4.78 is 0. The first-order valence-electron chi connectivity index (χ1n) is 6.75. The van der Waals surface area contributed by atoms with Crippen LogP contribution in [0, 0.1) is 0 Å². The Morgan fingerprint density at radius 3 is 2.17 bits per heavy atom. The van der Waals surface area contributed by atoms with Crippen LogP contribution < -0.4 is 16.0 Å². The molecule has 0 heterocycles. The molecule has 0 aromatic heterocycles. The third kappa shape index (κ3) is 10.1. The lowest BCUT2D eigenvalue weighted by atomic mass is 10.2. The molecule has 0 aromatic rings. The normalized spacial score (nSPS) is 12.3. The van der Waals surface area contributed by atoms with E-state index in [0.29, 0.717) is 32.0 Å². The van der Waals surface area contributed by atoms with E-state index >= 15 is 0 Å². The summed E-state index contributed by atoms with van der Waals surface area (Å²) in [6.07, 6.45) is 1.71. The maximum atomic E-state index is 11.4. The third-order valence-corrected chi connectivity index (χ3v) is 2.60. The standard InChI is InChI=1S/C13H27N3O2/c1-5-11(4)16-13(18)7-9-15-12(17)6-8-14-10(2)3/h10-11,14H,5-9H2,1-4H3,(H,15,17)(H,16,18). The first-order chi connectivity index (χ1) is 8.45.